The smallest absolute Gasteiger partial charge is 0.327 e. The Hall–Kier alpha value is -1.35. The molecule has 3 heteroatoms. The molecular weight excluding hydrogens is 238 g/mol. The number of carbonyl (C=O) groups is 1. The fourth-order valence-corrected chi connectivity index (χ4v) is 2.52. The van der Waals surface area contributed by atoms with Gasteiger partial charge in [0.25, 0.3) is 0 Å². The van der Waals surface area contributed by atoms with E-state index < -0.39 is 6.04 Å². The highest BCUT2D eigenvalue weighted by Gasteiger charge is 2.30. The van der Waals surface area contributed by atoms with Crippen molar-refractivity contribution in [2.45, 2.75) is 51.7 Å². The molecule has 0 radical (unpaired) electrons. The van der Waals surface area contributed by atoms with E-state index in [0.29, 0.717) is 5.41 Å². The maximum Gasteiger partial charge on any atom is 0.327 e. The van der Waals surface area contributed by atoms with Crippen LogP contribution in [0.4, 0.5) is 0 Å². The molecule has 1 aromatic carbocycles. The van der Waals surface area contributed by atoms with E-state index in [-0.39, 0.29) is 12.1 Å². The van der Waals surface area contributed by atoms with Gasteiger partial charge in [-0.1, -0.05) is 44.2 Å². The van der Waals surface area contributed by atoms with Crippen molar-refractivity contribution in [1.82, 2.24) is 0 Å². The zero-order valence-electron chi connectivity index (χ0n) is 11.8. The molecule has 0 amide bonds. The third kappa shape index (κ3) is 3.80. The van der Waals surface area contributed by atoms with Gasteiger partial charge in [-0.3, -0.25) is 0 Å². The second-order valence-electron chi connectivity index (χ2n) is 6.19. The maximum atomic E-state index is 12.0. The van der Waals surface area contributed by atoms with Gasteiger partial charge in [0.1, 0.15) is 12.1 Å². The van der Waals surface area contributed by atoms with Crippen LogP contribution in [0.15, 0.2) is 30.3 Å². The zero-order chi connectivity index (χ0) is 13.9. The molecule has 1 fully saturated rings. The van der Waals surface area contributed by atoms with Crippen LogP contribution in [-0.2, 0) is 9.53 Å². The van der Waals surface area contributed by atoms with Crippen molar-refractivity contribution in [3.63, 3.8) is 0 Å². The van der Waals surface area contributed by atoms with Gasteiger partial charge in [-0.2, -0.15) is 0 Å². The molecule has 2 rings (SSSR count). The summed E-state index contributed by atoms with van der Waals surface area (Å²) in [7, 11) is 0. The lowest BCUT2D eigenvalue weighted by Crippen LogP contribution is -2.32. The Labute approximate surface area is 115 Å². The molecule has 1 atom stereocenters. The SMILES string of the molecule is CC1(C)CCC(OC(=O)C(N)c2ccccc2)CC1. The number of carbonyl (C=O) groups excluding carboxylic acids is 1. The molecule has 1 unspecified atom stereocenters. The molecule has 0 bridgehead atoms. The van der Waals surface area contributed by atoms with Crippen LogP contribution in [0.5, 0.6) is 0 Å². The van der Waals surface area contributed by atoms with E-state index >= 15 is 0 Å². The predicted molar refractivity (Wildman–Crippen MR) is 75.5 cm³/mol. The van der Waals surface area contributed by atoms with E-state index in [2.05, 4.69) is 13.8 Å². The monoisotopic (exact) mass is 261 g/mol. The molecular formula is C16H23NO2. The van der Waals surface area contributed by atoms with Crippen LogP contribution in [0.1, 0.15) is 51.1 Å². The molecule has 1 aromatic rings. The van der Waals surface area contributed by atoms with Crippen LogP contribution in [0.25, 0.3) is 0 Å². The van der Waals surface area contributed by atoms with E-state index in [1.165, 1.54) is 0 Å². The lowest BCUT2D eigenvalue weighted by molar-refractivity contribution is -0.153. The van der Waals surface area contributed by atoms with Gasteiger partial charge >= 0.3 is 5.97 Å². The quantitative estimate of drug-likeness (QED) is 0.850. The Morgan fingerprint density at radius 2 is 1.84 bits per heavy atom. The molecule has 0 aliphatic heterocycles. The summed E-state index contributed by atoms with van der Waals surface area (Å²) in [5, 5.41) is 0. The number of rotatable bonds is 3. The number of esters is 1. The minimum atomic E-state index is -0.670. The van der Waals surface area contributed by atoms with Crippen molar-refractivity contribution in [1.29, 1.82) is 0 Å². The fourth-order valence-electron chi connectivity index (χ4n) is 2.52. The normalized spacial score (nSPS) is 20.8. The molecule has 1 aliphatic rings. The number of nitrogens with two attached hydrogens (primary N) is 1. The third-order valence-corrected chi connectivity index (χ3v) is 3.98. The summed E-state index contributed by atoms with van der Waals surface area (Å²) >= 11 is 0. The second kappa shape index (κ2) is 5.74. The fraction of sp³-hybridized carbons (Fsp3) is 0.562. The summed E-state index contributed by atoms with van der Waals surface area (Å²) < 4.78 is 5.54. The molecule has 19 heavy (non-hydrogen) atoms. The number of hydrogen-bond acceptors (Lipinski definition) is 3. The summed E-state index contributed by atoms with van der Waals surface area (Å²) in [6.45, 7) is 4.53. The number of benzene rings is 1. The van der Waals surface area contributed by atoms with Gasteiger partial charge in [0.05, 0.1) is 0 Å². The zero-order valence-corrected chi connectivity index (χ0v) is 11.8. The molecule has 104 valence electrons. The number of ether oxygens (including phenoxy) is 1. The van der Waals surface area contributed by atoms with Crippen LogP contribution < -0.4 is 5.73 Å². The lowest BCUT2D eigenvalue weighted by Gasteiger charge is -2.34. The Morgan fingerprint density at radius 3 is 2.42 bits per heavy atom. The molecule has 2 N–H and O–H groups in total. The predicted octanol–water partition coefficient (Wildman–Crippen LogP) is 3.20. The molecule has 0 saturated heterocycles. The van der Waals surface area contributed by atoms with E-state index in [1.54, 1.807) is 0 Å². The van der Waals surface area contributed by atoms with Crippen molar-refractivity contribution in [2.24, 2.45) is 11.1 Å². The van der Waals surface area contributed by atoms with E-state index in [1.807, 2.05) is 30.3 Å². The van der Waals surface area contributed by atoms with E-state index in [4.69, 9.17) is 10.5 Å². The highest BCUT2D eigenvalue weighted by atomic mass is 16.5. The molecule has 1 saturated carbocycles. The van der Waals surface area contributed by atoms with Gasteiger partial charge in [0.15, 0.2) is 0 Å². The van der Waals surface area contributed by atoms with Crippen molar-refractivity contribution < 1.29 is 9.53 Å². The Kier molecular flexibility index (Phi) is 4.25. The van der Waals surface area contributed by atoms with Crippen molar-refractivity contribution in [2.75, 3.05) is 0 Å². The van der Waals surface area contributed by atoms with Gasteiger partial charge in [-0.05, 0) is 36.7 Å². The minimum absolute atomic E-state index is 0.0373. The summed E-state index contributed by atoms with van der Waals surface area (Å²) in [5.74, 6) is -0.309. The van der Waals surface area contributed by atoms with Crippen LogP contribution in [0.2, 0.25) is 0 Å². The van der Waals surface area contributed by atoms with E-state index in [0.717, 1.165) is 31.2 Å². The molecule has 3 nitrogen and oxygen atoms in total. The lowest BCUT2D eigenvalue weighted by atomic mass is 9.76. The van der Waals surface area contributed by atoms with Crippen LogP contribution in [0, 0.1) is 5.41 Å². The summed E-state index contributed by atoms with van der Waals surface area (Å²) in [4.78, 5) is 12.0. The van der Waals surface area contributed by atoms with E-state index in [9.17, 15) is 4.79 Å². The Balaban J connectivity index is 1.88. The summed E-state index contributed by atoms with van der Waals surface area (Å²) in [6.07, 6.45) is 4.13. The summed E-state index contributed by atoms with van der Waals surface area (Å²) in [6, 6.07) is 8.71. The minimum Gasteiger partial charge on any atom is -0.461 e. The maximum absolute atomic E-state index is 12.0. The topological polar surface area (TPSA) is 52.3 Å². The first-order valence-electron chi connectivity index (χ1n) is 6.99. The third-order valence-electron chi connectivity index (χ3n) is 3.98. The molecule has 0 aromatic heterocycles. The highest BCUT2D eigenvalue weighted by molar-refractivity contribution is 5.77. The van der Waals surface area contributed by atoms with Crippen molar-refractivity contribution in [3.05, 3.63) is 35.9 Å². The summed E-state index contributed by atoms with van der Waals surface area (Å²) in [5.41, 5.74) is 7.12. The first-order valence-corrected chi connectivity index (χ1v) is 6.99. The van der Waals surface area contributed by atoms with Gasteiger partial charge in [0, 0.05) is 0 Å². The Bertz CT molecular complexity index is 418. The number of hydrogen-bond donors (Lipinski definition) is 1. The average Bonchev–Trinajstić information content (AvgIpc) is 2.41. The standard InChI is InChI=1S/C16H23NO2/c1-16(2)10-8-13(9-11-16)19-15(18)14(17)12-6-4-3-5-7-12/h3-7,13-14H,8-11,17H2,1-2H3. The van der Waals surface area contributed by atoms with Gasteiger partial charge in [-0.15, -0.1) is 0 Å². The van der Waals surface area contributed by atoms with Crippen LogP contribution in [-0.4, -0.2) is 12.1 Å². The first kappa shape index (κ1) is 14.1. The van der Waals surface area contributed by atoms with Gasteiger partial charge in [0.2, 0.25) is 0 Å². The molecule has 0 spiro atoms. The van der Waals surface area contributed by atoms with Gasteiger partial charge in [-0.25, -0.2) is 4.79 Å². The highest BCUT2D eigenvalue weighted by Crippen LogP contribution is 2.36. The first-order chi connectivity index (χ1) is 8.98. The van der Waals surface area contributed by atoms with Crippen molar-refractivity contribution in [3.8, 4) is 0 Å². The largest absolute Gasteiger partial charge is 0.461 e. The molecule has 0 heterocycles. The van der Waals surface area contributed by atoms with Crippen molar-refractivity contribution >= 4 is 5.97 Å². The second-order valence-corrected chi connectivity index (χ2v) is 6.19. The van der Waals surface area contributed by atoms with Crippen LogP contribution >= 0.6 is 0 Å². The Morgan fingerprint density at radius 1 is 1.26 bits per heavy atom. The average molecular weight is 261 g/mol. The van der Waals surface area contributed by atoms with Gasteiger partial charge < -0.3 is 10.5 Å². The molecule has 1 aliphatic carbocycles. The van der Waals surface area contributed by atoms with Crippen LogP contribution in [0.3, 0.4) is 0 Å².